The maximum Gasteiger partial charge on any atom is 0.322 e. The smallest absolute Gasteiger partial charge is 0.322 e. The number of rotatable bonds is 5. The van der Waals surface area contributed by atoms with Crippen molar-refractivity contribution in [1.29, 1.82) is 0 Å². The predicted octanol–water partition coefficient (Wildman–Crippen LogP) is 2.36. The van der Waals surface area contributed by atoms with Crippen molar-refractivity contribution in [2.75, 3.05) is 18.4 Å². The lowest BCUT2D eigenvalue weighted by Crippen LogP contribution is -2.40. The van der Waals surface area contributed by atoms with E-state index >= 15 is 0 Å². The second-order valence-electron chi connectivity index (χ2n) is 3.83. The van der Waals surface area contributed by atoms with E-state index in [1.54, 1.807) is 6.07 Å². The molecule has 0 aliphatic rings. The topological polar surface area (TPSA) is 58.4 Å². The second-order valence-corrected chi connectivity index (χ2v) is 4.35. The fraction of sp³-hybridized carbons (Fsp3) is 0.333. The quantitative estimate of drug-likeness (QED) is 0.807. The summed E-state index contributed by atoms with van der Waals surface area (Å²) in [5.41, 5.74) is 5.84. The zero-order valence-electron chi connectivity index (χ0n) is 10.1. The molecule has 6 heteroatoms. The normalized spacial score (nSPS) is 9.89. The Balaban J connectivity index is 2.69. The summed E-state index contributed by atoms with van der Waals surface area (Å²) in [6.45, 7) is 2.70. The third-order valence-corrected chi connectivity index (χ3v) is 2.33. The lowest BCUT2D eigenvalue weighted by atomic mass is 10.3. The molecule has 0 aliphatic heterocycles. The van der Waals surface area contributed by atoms with Gasteiger partial charge in [0.05, 0.1) is 11.5 Å². The van der Waals surface area contributed by atoms with Gasteiger partial charge in [0.15, 0.2) is 0 Å². The Hall–Kier alpha value is -1.69. The number of thiocarbonyl (C=S) groups is 1. The summed E-state index contributed by atoms with van der Waals surface area (Å²) in [6, 6.07) is 5.38. The molecule has 1 aromatic rings. The third-order valence-electron chi connectivity index (χ3n) is 2.20. The fourth-order valence-electron chi connectivity index (χ4n) is 1.48. The number of nitrogens with one attached hydrogen (secondary N) is 1. The first-order chi connectivity index (χ1) is 8.52. The molecule has 2 amide bonds. The number of hydrogen-bond donors (Lipinski definition) is 2. The summed E-state index contributed by atoms with van der Waals surface area (Å²) < 4.78 is 13.0. The molecule has 0 aromatic heterocycles. The van der Waals surface area contributed by atoms with Gasteiger partial charge in [-0.15, -0.1) is 0 Å². The van der Waals surface area contributed by atoms with Gasteiger partial charge < -0.3 is 16.0 Å². The van der Waals surface area contributed by atoms with Crippen LogP contribution in [-0.4, -0.2) is 29.0 Å². The van der Waals surface area contributed by atoms with Crippen LogP contribution in [0.2, 0.25) is 0 Å². The summed E-state index contributed by atoms with van der Waals surface area (Å²) in [4.78, 5) is 13.7. The number of nitrogens with zero attached hydrogens (tertiary/aromatic N) is 1. The van der Waals surface area contributed by atoms with Gasteiger partial charge in [0.25, 0.3) is 0 Å². The largest absolute Gasteiger partial charge is 0.392 e. The molecule has 0 bridgehead atoms. The molecular formula is C12H16FN3OS. The van der Waals surface area contributed by atoms with Gasteiger partial charge in [-0.3, -0.25) is 0 Å². The number of carbonyl (C=O) groups is 1. The lowest BCUT2D eigenvalue weighted by Gasteiger charge is -2.21. The average Bonchev–Trinajstić information content (AvgIpc) is 2.27. The van der Waals surface area contributed by atoms with Crippen molar-refractivity contribution in [2.24, 2.45) is 5.73 Å². The Morgan fingerprint density at radius 2 is 2.28 bits per heavy atom. The number of carbonyl (C=O) groups excluding carboxylic acids is 1. The molecule has 0 saturated carbocycles. The Morgan fingerprint density at radius 3 is 2.83 bits per heavy atom. The highest BCUT2D eigenvalue weighted by Crippen LogP contribution is 2.10. The molecule has 0 unspecified atom stereocenters. The van der Waals surface area contributed by atoms with Crippen molar-refractivity contribution in [2.45, 2.75) is 13.3 Å². The molecule has 0 saturated heterocycles. The Labute approximate surface area is 111 Å². The first-order valence-electron chi connectivity index (χ1n) is 5.62. The van der Waals surface area contributed by atoms with Gasteiger partial charge in [0, 0.05) is 12.2 Å². The standard InChI is InChI=1S/C12H16FN3OS/c1-2-6-16(8-11(14)18)12(17)15-10-5-3-4-9(13)7-10/h3-5,7H,2,6,8H2,1H3,(H2,14,18)(H,15,17). The SMILES string of the molecule is CCCN(CC(N)=S)C(=O)Nc1cccc(F)c1. The summed E-state index contributed by atoms with van der Waals surface area (Å²) >= 11 is 4.79. The van der Waals surface area contributed by atoms with Crippen LogP contribution in [0.4, 0.5) is 14.9 Å². The molecule has 0 aliphatic carbocycles. The molecule has 0 spiro atoms. The number of nitrogens with two attached hydrogens (primary N) is 1. The number of amides is 2. The van der Waals surface area contributed by atoms with E-state index in [-0.39, 0.29) is 17.6 Å². The van der Waals surface area contributed by atoms with Crippen LogP contribution in [0.5, 0.6) is 0 Å². The highest BCUT2D eigenvalue weighted by Gasteiger charge is 2.13. The van der Waals surface area contributed by atoms with Gasteiger partial charge >= 0.3 is 6.03 Å². The van der Waals surface area contributed by atoms with Gasteiger partial charge in [-0.1, -0.05) is 25.2 Å². The van der Waals surface area contributed by atoms with Crippen LogP contribution in [0.3, 0.4) is 0 Å². The maximum atomic E-state index is 13.0. The summed E-state index contributed by atoms with van der Waals surface area (Å²) in [7, 11) is 0. The molecule has 0 radical (unpaired) electrons. The number of urea groups is 1. The van der Waals surface area contributed by atoms with E-state index in [0.717, 1.165) is 6.42 Å². The van der Waals surface area contributed by atoms with Crippen LogP contribution in [0.15, 0.2) is 24.3 Å². The minimum Gasteiger partial charge on any atom is -0.392 e. The molecule has 3 N–H and O–H groups in total. The first kappa shape index (κ1) is 14.4. The van der Waals surface area contributed by atoms with Gasteiger partial charge in [0.1, 0.15) is 5.82 Å². The molecule has 0 atom stereocenters. The van der Waals surface area contributed by atoms with E-state index in [1.807, 2.05) is 6.92 Å². The van der Waals surface area contributed by atoms with Crippen LogP contribution >= 0.6 is 12.2 Å². The van der Waals surface area contributed by atoms with Crippen molar-refractivity contribution >= 4 is 28.9 Å². The van der Waals surface area contributed by atoms with Crippen LogP contribution in [-0.2, 0) is 0 Å². The molecule has 0 heterocycles. The van der Waals surface area contributed by atoms with Gasteiger partial charge in [-0.05, 0) is 24.6 Å². The van der Waals surface area contributed by atoms with E-state index in [4.69, 9.17) is 18.0 Å². The minimum absolute atomic E-state index is 0.213. The van der Waals surface area contributed by atoms with E-state index in [0.29, 0.717) is 12.2 Å². The van der Waals surface area contributed by atoms with E-state index in [1.165, 1.54) is 23.1 Å². The zero-order chi connectivity index (χ0) is 13.5. The summed E-state index contributed by atoms with van der Waals surface area (Å²) in [5.74, 6) is -0.399. The molecule has 4 nitrogen and oxygen atoms in total. The molecule has 1 aromatic carbocycles. The average molecular weight is 269 g/mol. The highest BCUT2D eigenvalue weighted by molar-refractivity contribution is 7.80. The number of benzene rings is 1. The van der Waals surface area contributed by atoms with Gasteiger partial charge in [-0.2, -0.15) is 0 Å². The van der Waals surface area contributed by atoms with E-state index in [2.05, 4.69) is 5.32 Å². The summed E-state index contributed by atoms with van der Waals surface area (Å²) in [5, 5.41) is 2.60. The van der Waals surface area contributed by atoms with Crippen LogP contribution in [0, 0.1) is 5.82 Å². The van der Waals surface area contributed by atoms with E-state index in [9.17, 15) is 9.18 Å². The number of anilines is 1. The number of hydrogen-bond acceptors (Lipinski definition) is 2. The van der Waals surface area contributed by atoms with Crippen molar-refractivity contribution < 1.29 is 9.18 Å². The third kappa shape index (κ3) is 4.67. The van der Waals surface area contributed by atoms with Crippen molar-refractivity contribution in [3.05, 3.63) is 30.1 Å². The predicted molar refractivity (Wildman–Crippen MR) is 74.1 cm³/mol. The molecule has 18 heavy (non-hydrogen) atoms. The molecule has 98 valence electrons. The van der Waals surface area contributed by atoms with Crippen molar-refractivity contribution in [3.8, 4) is 0 Å². The highest BCUT2D eigenvalue weighted by atomic mass is 32.1. The molecule has 1 rings (SSSR count). The Kier molecular flexibility index (Phi) is 5.51. The Morgan fingerprint density at radius 1 is 1.56 bits per heavy atom. The maximum absolute atomic E-state index is 13.0. The van der Waals surface area contributed by atoms with Gasteiger partial charge in [-0.25, -0.2) is 9.18 Å². The van der Waals surface area contributed by atoms with Crippen molar-refractivity contribution in [1.82, 2.24) is 4.90 Å². The van der Waals surface area contributed by atoms with E-state index < -0.39 is 5.82 Å². The Bertz CT molecular complexity index is 439. The monoisotopic (exact) mass is 269 g/mol. The van der Waals surface area contributed by atoms with Crippen molar-refractivity contribution in [3.63, 3.8) is 0 Å². The lowest BCUT2D eigenvalue weighted by molar-refractivity contribution is 0.219. The van der Waals surface area contributed by atoms with Gasteiger partial charge in [0.2, 0.25) is 0 Å². The van der Waals surface area contributed by atoms with Crippen LogP contribution < -0.4 is 11.1 Å². The van der Waals surface area contributed by atoms with Crippen LogP contribution in [0.25, 0.3) is 0 Å². The zero-order valence-corrected chi connectivity index (χ0v) is 11.0. The fourth-order valence-corrected chi connectivity index (χ4v) is 1.64. The number of halogens is 1. The minimum atomic E-state index is -0.399. The van der Waals surface area contributed by atoms with Crippen LogP contribution in [0.1, 0.15) is 13.3 Å². The first-order valence-corrected chi connectivity index (χ1v) is 6.03. The summed E-state index contributed by atoms with van der Waals surface area (Å²) in [6.07, 6.45) is 0.791. The molecule has 0 fully saturated rings. The molecular weight excluding hydrogens is 253 g/mol. The second kappa shape index (κ2) is 6.90.